The number of ether oxygens (including phenoxy) is 1. The van der Waals surface area contributed by atoms with Gasteiger partial charge in [-0.05, 0) is 49.6 Å². The third-order valence-electron chi connectivity index (χ3n) is 4.98. The van der Waals surface area contributed by atoms with E-state index < -0.39 is 18.1 Å². The van der Waals surface area contributed by atoms with Crippen LogP contribution in [0, 0.1) is 0 Å². The molecule has 1 amide bonds. The summed E-state index contributed by atoms with van der Waals surface area (Å²) in [6, 6.07) is 17.4. The maximum atomic E-state index is 12.5. The van der Waals surface area contributed by atoms with Crippen molar-refractivity contribution in [3.05, 3.63) is 80.5 Å². The number of fused-ring (bicyclic) bond motifs is 3. The van der Waals surface area contributed by atoms with Crippen molar-refractivity contribution in [3.8, 4) is 11.1 Å². The molecule has 2 N–H and O–H groups in total. The van der Waals surface area contributed by atoms with Crippen LogP contribution in [0.3, 0.4) is 0 Å². The van der Waals surface area contributed by atoms with Crippen LogP contribution in [0.2, 0.25) is 0 Å². The number of amides is 1. The van der Waals surface area contributed by atoms with Crippen LogP contribution >= 0.6 is 27.3 Å². The van der Waals surface area contributed by atoms with Crippen molar-refractivity contribution in [2.45, 2.75) is 18.4 Å². The number of aliphatic carboxylic acids is 1. The van der Waals surface area contributed by atoms with E-state index in [-0.39, 0.29) is 18.9 Å². The number of hydrogen-bond acceptors (Lipinski definition) is 4. The highest BCUT2D eigenvalue weighted by atomic mass is 79.9. The molecule has 1 atom stereocenters. The summed E-state index contributed by atoms with van der Waals surface area (Å²) in [5.41, 5.74) is 4.57. The largest absolute Gasteiger partial charge is 0.481 e. The number of halogens is 1. The smallest absolute Gasteiger partial charge is 0.407 e. The summed E-state index contributed by atoms with van der Waals surface area (Å²) in [6.07, 6.45) is -0.845. The first kappa shape index (κ1) is 19.7. The summed E-state index contributed by atoms with van der Waals surface area (Å²) in [5.74, 6) is -1.03. The molecule has 1 heterocycles. The number of alkyl carbamates (subject to hydrolysis) is 1. The van der Waals surface area contributed by atoms with Crippen LogP contribution in [-0.4, -0.2) is 23.8 Å². The fraction of sp³-hybridized carbons (Fsp3) is 0.182. The van der Waals surface area contributed by atoms with Crippen LogP contribution in [0.1, 0.15) is 34.4 Å². The van der Waals surface area contributed by atoms with Crippen LogP contribution in [0.4, 0.5) is 4.79 Å². The Kier molecular flexibility index (Phi) is 5.69. The number of carboxylic acids is 1. The monoisotopic (exact) mass is 471 g/mol. The molecule has 4 rings (SSSR count). The molecule has 0 saturated carbocycles. The van der Waals surface area contributed by atoms with Gasteiger partial charge in [0.1, 0.15) is 6.61 Å². The number of benzene rings is 2. The maximum absolute atomic E-state index is 12.5. The topological polar surface area (TPSA) is 75.6 Å². The van der Waals surface area contributed by atoms with Crippen molar-refractivity contribution in [3.63, 3.8) is 0 Å². The molecule has 29 heavy (non-hydrogen) atoms. The average molecular weight is 472 g/mol. The quantitative estimate of drug-likeness (QED) is 0.492. The fourth-order valence-electron chi connectivity index (χ4n) is 3.72. The van der Waals surface area contributed by atoms with Crippen molar-refractivity contribution in [1.82, 2.24) is 5.32 Å². The van der Waals surface area contributed by atoms with Crippen LogP contribution < -0.4 is 5.32 Å². The fourth-order valence-corrected chi connectivity index (χ4v) is 5.42. The van der Waals surface area contributed by atoms with Crippen molar-refractivity contribution in [1.29, 1.82) is 0 Å². The second-order valence-electron chi connectivity index (χ2n) is 6.75. The Morgan fingerprint density at radius 1 is 1.07 bits per heavy atom. The first-order valence-corrected chi connectivity index (χ1v) is 10.8. The molecule has 1 aliphatic rings. The summed E-state index contributed by atoms with van der Waals surface area (Å²) in [5, 5.41) is 13.7. The highest BCUT2D eigenvalue weighted by molar-refractivity contribution is 9.10. The molecule has 3 aromatic rings. The van der Waals surface area contributed by atoms with Gasteiger partial charge in [0.05, 0.1) is 12.5 Å². The average Bonchev–Trinajstić information content (AvgIpc) is 3.27. The molecule has 0 spiro atoms. The van der Waals surface area contributed by atoms with Gasteiger partial charge in [0.2, 0.25) is 0 Å². The second-order valence-corrected chi connectivity index (χ2v) is 8.56. The number of nitrogens with one attached hydrogen (secondary N) is 1. The third-order valence-corrected chi connectivity index (χ3v) is 6.96. The van der Waals surface area contributed by atoms with E-state index in [0.717, 1.165) is 31.6 Å². The van der Waals surface area contributed by atoms with Gasteiger partial charge in [0.25, 0.3) is 0 Å². The van der Waals surface area contributed by atoms with E-state index in [9.17, 15) is 14.7 Å². The number of carboxylic acid groups (broad SMARTS) is 1. The number of carbonyl (C=O) groups is 2. The van der Waals surface area contributed by atoms with Crippen molar-refractivity contribution >= 4 is 39.3 Å². The maximum Gasteiger partial charge on any atom is 0.407 e. The SMILES string of the molecule is O=C(O)C[C@H](NC(=O)OCC1c2ccccc2-c2ccccc21)c1sccc1Br. The molecule has 5 nitrogen and oxygen atoms in total. The number of hydrogen-bond donors (Lipinski definition) is 2. The normalized spacial score (nSPS) is 13.4. The molecule has 0 aliphatic heterocycles. The number of rotatable bonds is 6. The molecule has 1 aromatic heterocycles. The Hall–Kier alpha value is -2.64. The molecular weight excluding hydrogens is 454 g/mol. The van der Waals surface area contributed by atoms with Gasteiger partial charge in [-0.25, -0.2) is 4.79 Å². The van der Waals surface area contributed by atoms with Gasteiger partial charge in [-0.15, -0.1) is 11.3 Å². The highest BCUT2D eigenvalue weighted by Crippen LogP contribution is 2.44. The minimum Gasteiger partial charge on any atom is -0.481 e. The summed E-state index contributed by atoms with van der Waals surface area (Å²) in [7, 11) is 0. The van der Waals surface area contributed by atoms with Gasteiger partial charge >= 0.3 is 12.1 Å². The van der Waals surface area contributed by atoms with E-state index in [1.807, 2.05) is 35.7 Å². The Morgan fingerprint density at radius 3 is 2.24 bits per heavy atom. The summed E-state index contributed by atoms with van der Waals surface area (Å²) in [4.78, 5) is 24.5. The standard InChI is InChI=1S/C22H18BrNO4S/c23-18-9-10-29-21(18)19(11-20(25)26)24-22(27)28-12-17-15-7-3-1-5-13(15)14-6-2-4-8-16(14)17/h1-10,17,19H,11-12H2,(H,24,27)(H,25,26)/t19-/m0/s1. The molecule has 148 valence electrons. The highest BCUT2D eigenvalue weighted by Gasteiger charge is 2.29. The van der Waals surface area contributed by atoms with E-state index in [1.165, 1.54) is 11.3 Å². The van der Waals surface area contributed by atoms with E-state index in [4.69, 9.17) is 4.74 Å². The molecule has 0 unspecified atom stereocenters. The summed E-state index contributed by atoms with van der Waals surface area (Å²) < 4.78 is 6.31. The van der Waals surface area contributed by atoms with Crippen LogP contribution in [0.25, 0.3) is 11.1 Å². The minimum absolute atomic E-state index is 0.0421. The predicted octanol–water partition coefficient (Wildman–Crippen LogP) is 5.57. The molecule has 0 bridgehead atoms. The Labute approximate surface area is 180 Å². The lowest BCUT2D eigenvalue weighted by Crippen LogP contribution is -2.31. The molecule has 0 fully saturated rings. The van der Waals surface area contributed by atoms with E-state index >= 15 is 0 Å². The van der Waals surface area contributed by atoms with Crippen molar-refractivity contribution in [2.24, 2.45) is 0 Å². The molecule has 0 radical (unpaired) electrons. The van der Waals surface area contributed by atoms with Gasteiger partial charge in [-0.3, -0.25) is 4.79 Å². The van der Waals surface area contributed by atoms with E-state index in [2.05, 4.69) is 45.5 Å². The zero-order valence-corrected chi connectivity index (χ0v) is 17.7. The summed E-state index contributed by atoms with van der Waals surface area (Å²) in [6.45, 7) is 0.186. The van der Waals surface area contributed by atoms with E-state index in [1.54, 1.807) is 0 Å². The van der Waals surface area contributed by atoms with Gasteiger partial charge < -0.3 is 15.2 Å². The van der Waals surface area contributed by atoms with Crippen molar-refractivity contribution in [2.75, 3.05) is 6.61 Å². The Bertz CT molecular complexity index is 1020. The molecule has 0 saturated heterocycles. The van der Waals surface area contributed by atoms with Crippen LogP contribution in [0.5, 0.6) is 0 Å². The second kappa shape index (κ2) is 8.39. The number of carbonyl (C=O) groups excluding carboxylic acids is 1. The first-order chi connectivity index (χ1) is 14.0. The first-order valence-electron chi connectivity index (χ1n) is 9.10. The van der Waals surface area contributed by atoms with Gasteiger partial charge in [0.15, 0.2) is 0 Å². The van der Waals surface area contributed by atoms with Gasteiger partial charge in [0, 0.05) is 15.3 Å². The van der Waals surface area contributed by atoms with E-state index in [0.29, 0.717) is 0 Å². The minimum atomic E-state index is -0.991. The molecular formula is C22H18BrNO4S. The number of thiophene rings is 1. The lowest BCUT2D eigenvalue weighted by molar-refractivity contribution is -0.137. The predicted molar refractivity (Wildman–Crippen MR) is 115 cm³/mol. The van der Waals surface area contributed by atoms with Crippen LogP contribution in [0.15, 0.2) is 64.5 Å². The lowest BCUT2D eigenvalue weighted by Gasteiger charge is -2.18. The molecule has 7 heteroatoms. The Morgan fingerprint density at radius 2 is 1.69 bits per heavy atom. The molecule has 2 aromatic carbocycles. The third kappa shape index (κ3) is 4.06. The Balaban J connectivity index is 1.48. The molecule has 1 aliphatic carbocycles. The zero-order valence-electron chi connectivity index (χ0n) is 15.3. The lowest BCUT2D eigenvalue weighted by atomic mass is 9.98. The van der Waals surface area contributed by atoms with Crippen molar-refractivity contribution < 1.29 is 19.4 Å². The van der Waals surface area contributed by atoms with Crippen LogP contribution in [-0.2, 0) is 9.53 Å². The zero-order chi connectivity index (χ0) is 20.4. The summed E-state index contributed by atoms with van der Waals surface area (Å²) >= 11 is 4.79. The van der Waals surface area contributed by atoms with Gasteiger partial charge in [-0.1, -0.05) is 48.5 Å². The van der Waals surface area contributed by atoms with Gasteiger partial charge in [-0.2, -0.15) is 0 Å².